The smallest absolute Gasteiger partial charge is 0.120 e. The molecule has 1 unspecified atom stereocenters. The number of rotatable bonds is 6. The third-order valence-electron chi connectivity index (χ3n) is 2.32. The van der Waals surface area contributed by atoms with E-state index in [1.54, 1.807) is 30.8 Å². The number of hydrogen-bond donors (Lipinski definition) is 3. The molecule has 1 aromatic carbocycles. The highest BCUT2D eigenvalue weighted by atomic mass is 79.9. The molecule has 0 radical (unpaired) electrons. The van der Waals surface area contributed by atoms with Crippen LogP contribution >= 0.6 is 27.7 Å². The lowest BCUT2D eigenvalue weighted by Gasteiger charge is -2.22. The number of nitrogens with one attached hydrogen (secondary N) is 1. The molecule has 0 amide bonds. The van der Waals surface area contributed by atoms with Crippen LogP contribution in [0.2, 0.25) is 0 Å². The van der Waals surface area contributed by atoms with Gasteiger partial charge in [-0.25, -0.2) is 0 Å². The number of hydrogen-bond acceptors (Lipinski definition) is 4. The first-order valence-electron chi connectivity index (χ1n) is 5.34. The summed E-state index contributed by atoms with van der Waals surface area (Å²) in [5.74, 6) is 0.954. The first-order valence-corrected chi connectivity index (χ1v) is 7.53. The largest absolute Gasteiger partial charge is 0.508 e. The molecule has 1 rings (SSSR count). The van der Waals surface area contributed by atoms with E-state index in [2.05, 4.69) is 21.2 Å². The van der Waals surface area contributed by atoms with E-state index in [9.17, 15) is 10.2 Å². The van der Waals surface area contributed by atoms with Gasteiger partial charge in [-0.3, -0.25) is 0 Å². The lowest BCUT2D eigenvalue weighted by molar-refractivity contribution is 0.0845. The molecule has 3 nitrogen and oxygen atoms in total. The third kappa shape index (κ3) is 5.29. The normalized spacial score (nSPS) is 14.6. The summed E-state index contributed by atoms with van der Waals surface area (Å²) in [6.07, 6.45) is 1.97. The molecule has 96 valence electrons. The maximum atomic E-state index is 9.96. The van der Waals surface area contributed by atoms with Crippen LogP contribution in [0.4, 0.5) is 0 Å². The predicted octanol–water partition coefficient (Wildman–Crippen LogP) is 2.36. The Labute approximate surface area is 115 Å². The zero-order valence-electron chi connectivity index (χ0n) is 10.0. The Balaban J connectivity index is 2.48. The van der Waals surface area contributed by atoms with Crippen molar-refractivity contribution < 1.29 is 10.2 Å². The third-order valence-corrected chi connectivity index (χ3v) is 3.72. The monoisotopic (exact) mass is 319 g/mol. The van der Waals surface area contributed by atoms with E-state index in [1.807, 2.05) is 12.3 Å². The Hall–Kier alpha value is -0.230. The molecule has 0 bridgehead atoms. The predicted molar refractivity (Wildman–Crippen MR) is 76.5 cm³/mol. The summed E-state index contributed by atoms with van der Waals surface area (Å²) in [5.41, 5.74) is 0.0976. The van der Waals surface area contributed by atoms with Crippen molar-refractivity contribution in [2.45, 2.75) is 19.1 Å². The van der Waals surface area contributed by atoms with Crippen LogP contribution in [-0.4, -0.2) is 34.4 Å². The van der Waals surface area contributed by atoms with Crippen LogP contribution in [0.25, 0.3) is 0 Å². The highest BCUT2D eigenvalue weighted by molar-refractivity contribution is 9.10. The van der Waals surface area contributed by atoms with Crippen molar-refractivity contribution in [1.29, 1.82) is 0 Å². The summed E-state index contributed by atoms with van der Waals surface area (Å²) in [6, 6.07) is 5.31. The van der Waals surface area contributed by atoms with Crippen molar-refractivity contribution in [3.8, 4) is 5.75 Å². The summed E-state index contributed by atoms with van der Waals surface area (Å²) in [7, 11) is 0. The van der Waals surface area contributed by atoms with Gasteiger partial charge in [-0.2, -0.15) is 11.8 Å². The van der Waals surface area contributed by atoms with E-state index in [1.165, 1.54) is 0 Å². The Kier molecular flexibility index (Phi) is 5.79. The highest BCUT2D eigenvalue weighted by Crippen LogP contribution is 2.21. The van der Waals surface area contributed by atoms with E-state index in [4.69, 9.17) is 0 Å². The van der Waals surface area contributed by atoms with E-state index in [-0.39, 0.29) is 5.75 Å². The Morgan fingerprint density at radius 3 is 2.82 bits per heavy atom. The van der Waals surface area contributed by atoms with Gasteiger partial charge in [0.2, 0.25) is 0 Å². The Morgan fingerprint density at radius 1 is 1.47 bits per heavy atom. The number of aromatic hydroxyl groups is 1. The van der Waals surface area contributed by atoms with Gasteiger partial charge >= 0.3 is 0 Å². The maximum absolute atomic E-state index is 9.96. The van der Waals surface area contributed by atoms with Crippen molar-refractivity contribution in [3.05, 3.63) is 28.2 Å². The number of thioether (sulfide) groups is 1. The molecule has 0 saturated heterocycles. The van der Waals surface area contributed by atoms with E-state index in [0.717, 1.165) is 10.0 Å². The number of benzene rings is 1. The molecular weight excluding hydrogens is 302 g/mol. The van der Waals surface area contributed by atoms with Crippen LogP contribution in [-0.2, 0) is 6.54 Å². The number of halogens is 1. The van der Waals surface area contributed by atoms with Crippen LogP contribution < -0.4 is 5.32 Å². The second-order valence-electron chi connectivity index (χ2n) is 4.31. The summed E-state index contributed by atoms with van der Waals surface area (Å²) in [5, 5.41) is 22.8. The molecule has 0 spiro atoms. The van der Waals surface area contributed by atoms with Crippen LogP contribution in [0.1, 0.15) is 12.5 Å². The number of phenolic OH excluding ortho intramolecular Hbond substituents is 1. The lowest BCUT2D eigenvalue weighted by atomic mass is 10.1. The molecular formula is C12H18BrNO2S. The van der Waals surface area contributed by atoms with Gasteiger partial charge in [-0.15, -0.1) is 0 Å². The molecule has 0 aliphatic carbocycles. The van der Waals surface area contributed by atoms with E-state index in [0.29, 0.717) is 18.8 Å². The first-order chi connectivity index (χ1) is 7.94. The van der Waals surface area contributed by atoms with Gasteiger partial charge in [0.25, 0.3) is 0 Å². The quantitative estimate of drug-likeness (QED) is 0.753. The van der Waals surface area contributed by atoms with Crippen molar-refractivity contribution in [3.63, 3.8) is 0 Å². The summed E-state index contributed by atoms with van der Waals surface area (Å²) in [6.45, 7) is 2.84. The highest BCUT2D eigenvalue weighted by Gasteiger charge is 2.18. The number of phenols is 1. The minimum atomic E-state index is -0.721. The fraction of sp³-hybridized carbons (Fsp3) is 0.500. The van der Waals surface area contributed by atoms with Crippen molar-refractivity contribution in [1.82, 2.24) is 5.32 Å². The zero-order valence-corrected chi connectivity index (χ0v) is 12.4. The lowest BCUT2D eigenvalue weighted by Crippen LogP contribution is -2.39. The SMILES string of the molecule is CSCC(C)(O)CNCc1cc(Br)ccc1O. The van der Waals surface area contributed by atoms with Crippen molar-refractivity contribution in [2.24, 2.45) is 0 Å². The van der Waals surface area contributed by atoms with Gasteiger partial charge in [0.05, 0.1) is 5.60 Å². The van der Waals surface area contributed by atoms with Gasteiger partial charge in [-0.05, 0) is 31.4 Å². The zero-order chi connectivity index (χ0) is 12.9. The van der Waals surface area contributed by atoms with E-state index >= 15 is 0 Å². The first kappa shape index (κ1) is 14.8. The fourth-order valence-electron chi connectivity index (χ4n) is 1.52. The average Bonchev–Trinajstić information content (AvgIpc) is 2.23. The Bertz CT molecular complexity index is 372. The summed E-state index contributed by atoms with van der Waals surface area (Å²) < 4.78 is 0.933. The van der Waals surface area contributed by atoms with Gasteiger partial charge in [0, 0.05) is 28.9 Å². The average molecular weight is 320 g/mol. The summed E-state index contributed by atoms with van der Waals surface area (Å²) in [4.78, 5) is 0. The molecule has 1 aromatic rings. The molecule has 0 heterocycles. The van der Waals surface area contributed by atoms with Gasteiger partial charge < -0.3 is 15.5 Å². The Morgan fingerprint density at radius 2 is 2.18 bits per heavy atom. The van der Waals surface area contributed by atoms with Crippen molar-refractivity contribution >= 4 is 27.7 Å². The maximum Gasteiger partial charge on any atom is 0.120 e. The molecule has 0 aliphatic rings. The molecule has 0 fully saturated rings. The standard InChI is InChI=1S/C12H18BrNO2S/c1-12(16,8-17-2)7-14-6-9-5-10(13)3-4-11(9)15/h3-5,14-16H,6-8H2,1-2H3. The van der Waals surface area contributed by atoms with Crippen LogP contribution in [0.3, 0.4) is 0 Å². The van der Waals surface area contributed by atoms with Crippen LogP contribution in [0, 0.1) is 0 Å². The van der Waals surface area contributed by atoms with Crippen molar-refractivity contribution in [2.75, 3.05) is 18.6 Å². The minimum Gasteiger partial charge on any atom is -0.508 e. The van der Waals surface area contributed by atoms with Gasteiger partial charge in [0.15, 0.2) is 0 Å². The molecule has 0 aromatic heterocycles. The molecule has 5 heteroatoms. The fourth-order valence-corrected chi connectivity index (χ4v) is 2.66. The summed E-state index contributed by atoms with van der Waals surface area (Å²) >= 11 is 4.97. The van der Waals surface area contributed by atoms with Crippen LogP contribution in [0.5, 0.6) is 5.75 Å². The second-order valence-corrected chi connectivity index (χ2v) is 6.09. The molecule has 1 atom stereocenters. The van der Waals surface area contributed by atoms with Gasteiger partial charge in [-0.1, -0.05) is 15.9 Å². The molecule has 17 heavy (non-hydrogen) atoms. The van der Waals surface area contributed by atoms with Crippen LogP contribution in [0.15, 0.2) is 22.7 Å². The second kappa shape index (κ2) is 6.64. The minimum absolute atomic E-state index is 0.269. The molecule has 0 aliphatic heterocycles. The molecule has 0 saturated carbocycles. The number of aliphatic hydroxyl groups is 1. The van der Waals surface area contributed by atoms with Gasteiger partial charge in [0.1, 0.15) is 5.75 Å². The topological polar surface area (TPSA) is 52.5 Å². The molecule has 3 N–H and O–H groups in total. The van der Waals surface area contributed by atoms with E-state index < -0.39 is 5.60 Å².